The van der Waals surface area contributed by atoms with E-state index in [4.69, 9.17) is 4.74 Å². The first-order valence-electron chi connectivity index (χ1n) is 5.90. The lowest BCUT2D eigenvalue weighted by molar-refractivity contribution is 0.198. The Hall–Kier alpha value is -1.39. The molecular weight excluding hydrogens is 246 g/mol. The van der Waals surface area contributed by atoms with Gasteiger partial charge < -0.3 is 9.84 Å². The lowest BCUT2D eigenvalue weighted by Crippen LogP contribution is -1.97. The van der Waals surface area contributed by atoms with E-state index >= 15 is 0 Å². The number of ether oxygens (including phenoxy) is 1. The van der Waals surface area contributed by atoms with E-state index in [1.54, 1.807) is 18.3 Å². The van der Waals surface area contributed by atoms with Crippen LogP contribution in [0.5, 0.6) is 5.75 Å². The van der Waals surface area contributed by atoms with Crippen molar-refractivity contribution in [3.05, 3.63) is 45.4 Å². The number of rotatable bonds is 4. The van der Waals surface area contributed by atoms with E-state index in [0.717, 1.165) is 22.0 Å². The summed E-state index contributed by atoms with van der Waals surface area (Å²) >= 11 is 1.66. The van der Waals surface area contributed by atoms with Crippen LogP contribution in [0.3, 0.4) is 0 Å². The van der Waals surface area contributed by atoms with Gasteiger partial charge in [-0.2, -0.15) is 0 Å². The maximum absolute atomic E-state index is 9.51. The summed E-state index contributed by atoms with van der Waals surface area (Å²) in [4.78, 5) is 5.66. The van der Waals surface area contributed by atoms with Crippen molar-refractivity contribution in [2.45, 2.75) is 33.5 Å². The van der Waals surface area contributed by atoms with Crippen LogP contribution in [-0.4, -0.2) is 10.1 Å². The minimum Gasteiger partial charge on any atom is -0.486 e. The molecule has 2 aromatic rings. The van der Waals surface area contributed by atoms with Gasteiger partial charge in [0.05, 0.1) is 11.8 Å². The van der Waals surface area contributed by atoms with Crippen LogP contribution in [-0.2, 0) is 6.61 Å². The second-order valence-electron chi connectivity index (χ2n) is 4.29. The van der Waals surface area contributed by atoms with E-state index in [1.165, 1.54) is 4.88 Å². The topological polar surface area (TPSA) is 42.4 Å². The number of benzene rings is 1. The molecule has 0 bridgehead atoms. The first kappa shape index (κ1) is 13.1. The molecule has 0 aliphatic heterocycles. The molecule has 1 heterocycles. The number of aryl methyl sites for hydroxylation is 2. The van der Waals surface area contributed by atoms with Gasteiger partial charge in [-0.25, -0.2) is 4.98 Å². The predicted molar refractivity (Wildman–Crippen MR) is 73.0 cm³/mol. The van der Waals surface area contributed by atoms with Crippen molar-refractivity contribution in [1.82, 2.24) is 4.98 Å². The fraction of sp³-hybridized carbons (Fsp3) is 0.357. The maximum atomic E-state index is 9.51. The highest BCUT2D eigenvalue weighted by Crippen LogP contribution is 2.21. The number of hydrogen-bond acceptors (Lipinski definition) is 4. The van der Waals surface area contributed by atoms with Crippen LogP contribution in [0, 0.1) is 13.8 Å². The molecule has 18 heavy (non-hydrogen) atoms. The zero-order chi connectivity index (χ0) is 13.1. The van der Waals surface area contributed by atoms with Crippen LogP contribution >= 0.6 is 11.3 Å². The number of thiazole rings is 1. The molecule has 1 N–H and O–H groups in total. The highest BCUT2D eigenvalue weighted by Gasteiger charge is 2.06. The molecule has 3 nitrogen and oxygen atoms in total. The van der Waals surface area contributed by atoms with Crippen LogP contribution in [0.15, 0.2) is 24.3 Å². The van der Waals surface area contributed by atoms with Gasteiger partial charge in [-0.05, 0) is 38.5 Å². The molecule has 96 valence electrons. The van der Waals surface area contributed by atoms with Crippen molar-refractivity contribution in [3.63, 3.8) is 0 Å². The van der Waals surface area contributed by atoms with Crippen LogP contribution in [0.25, 0.3) is 0 Å². The van der Waals surface area contributed by atoms with Gasteiger partial charge in [-0.3, -0.25) is 0 Å². The van der Waals surface area contributed by atoms with Crippen LogP contribution in [0.2, 0.25) is 0 Å². The lowest BCUT2D eigenvalue weighted by atomic mass is 10.1. The first-order valence-corrected chi connectivity index (χ1v) is 6.71. The molecule has 1 aromatic carbocycles. The Morgan fingerprint density at radius 2 is 2.17 bits per heavy atom. The second-order valence-corrected chi connectivity index (χ2v) is 5.57. The van der Waals surface area contributed by atoms with Crippen molar-refractivity contribution >= 4 is 11.3 Å². The van der Waals surface area contributed by atoms with Gasteiger partial charge in [0.1, 0.15) is 17.4 Å². The van der Waals surface area contributed by atoms with Gasteiger partial charge in [0.25, 0.3) is 0 Å². The van der Waals surface area contributed by atoms with Gasteiger partial charge >= 0.3 is 0 Å². The molecule has 0 amide bonds. The second kappa shape index (κ2) is 5.50. The molecule has 0 fully saturated rings. The van der Waals surface area contributed by atoms with Crippen molar-refractivity contribution in [1.29, 1.82) is 0 Å². The number of nitrogens with zero attached hydrogens (tertiary/aromatic N) is 1. The summed E-state index contributed by atoms with van der Waals surface area (Å²) in [5.41, 5.74) is 1.93. The Labute approximate surface area is 111 Å². The van der Waals surface area contributed by atoms with Gasteiger partial charge in [0.2, 0.25) is 0 Å². The third-order valence-corrected chi connectivity index (χ3v) is 3.82. The summed E-state index contributed by atoms with van der Waals surface area (Å²) in [5, 5.41) is 10.5. The molecule has 0 aliphatic rings. The highest BCUT2D eigenvalue weighted by atomic mass is 32.1. The molecule has 0 radical (unpaired) electrons. The number of aliphatic hydroxyl groups is 1. The van der Waals surface area contributed by atoms with Crippen LogP contribution in [0.4, 0.5) is 0 Å². The fourth-order valence-electron chi connectivity index (χ4n) is 1.61. The summed E-state index contributed by atoms with van der Waals surface area (Å²) in [6.45, 7) is 6.28. The molecule has 4 heteroatoms. The Morgan fingerprint density at radius 3 is 2.78 bits per heavy atom. The molecule has 0 unspecified atom stereocenters. The minimum atomic E-state index is -0.474. The monoisotopic (exact) mass is 263 g/mol. The zero-order valence-corrected chi connectivity index (χ0v) is 11.6. The summed E-state index contributed by atoms with van der Waals surface area (Å²) in [6.07, 6.45) is -0.474. The lowest BCUT2D eigenvalue weighted by Gasteiger charge is -2.08. The van der Waals surface area contributed by atoms with E-state index in [-0.39, 0.29) is 0 Å². The summed E-state index contributed by atoms with van der Waals surface area (Å²) in [5.74, 6) is 0.763. The molecule has 1 atom stereocenters. The Balaban J connectivity index is 2.03. The third-order valence-electron chi connectivity index (χ3n) is 2.78. The highest BCUT2D eigenvalue weighted by molar-refractivity contribution is 7.11. The van der Waals surface area contributed by atoms with E-state index in [9.17, 15) is 5.11 Å². The molecule has 2 rings (SSSR count). The summed E-state index contributed by atoms with van der Waals surface area (Å²) in [7, 11) is 0. The zero-order valence-electron chi connectivity index (χ0n) is 10.8. The van der Waals surface area contributed by atoms with Gasteiger partial charge in [0, 0.05) is 4.88 Å². The molecular formula is C14H17NO2S. The van der Waals surface area contributed by atoms with Crippen molar-refractivity contribution in [2.75, 3.05) is 0 Å². The maximum Gasteiger partial charge on any atom is 0.140 e. The normalized spacial score (nSPS) is 12.4. The summed E-state index contributed by atoms with van der Waals surface area (Å²) < 4.78 is 5.69. The van der Waals surface area contributed by atoms with E-state index < -0.39 is 6.10 Å². The number of aliphatic hydroxyl groups excluding tert-OH is 1. The molecule has 0 spiro atoms. The van der Waals surface area contributed by atoms with E-state index in [2.05, 4.69) is 11.9 Å². The minimum absolute atomic E-state index is 0.474. The largest absolute Gasteiger partial charge is 0.486 e. The van der Waals surface area contributed by atoms with Gasteiger partial charge in [-0.15, -0.1) is 11.3 Å². The van der Waals surface area contributed by atoms with Crippen molar-refractivity contribution in [3.8, 4) is 5.75 Å². The van der Waals surface area contributed by atoms with Crippen molar-refractivity contribution < 1.29 is 9.84 Å². The van der Waals surface area contributed by atoms with Gasteiger partial charge in [0.15, 0.2) is 0 Å². The average Bonchev–Trinajstić information content (AvgIpc) is 2.67. The Bertz CT molecular complexity index is 515. The number of hydrogen-bond donors (Lipinski definition) is 1. The third kappa shape index (κ3) is 3.09. The standard InChI is InChI=1S/C14H17NO2S/c1-9-11(3)18-14(15-9)8-17-13-6-4-5-12(7-13)10(2)16/h4-7,10,16H,8H2,1-3H3/t10-/m0/s1. The van der Waals surface area contributed by atoms with Gasteiger partial charge in [-0.1, -0.05) is 12.1 Å². The quantitative estimate of drug-likeness (QED) is 0.919. The van der Waals surface area contributed by atoms with Crippen LogP contribution in [0.1, 0.15) is 34.2 Å². The van der Waals surface area contributed by atoms with E-state index in [0.29, 0.717) is 6.61 Å². The van der Waals surface area contributed by atoms with E-state index in [1.807, 2.05) is 31.2 Å². The SMILES string of the molecule is Cc1nc(COc2cccc([C@H](C)O)c2)sc1C. The smallest absolute Gasteiger partial charge is 0.140 e. The molecule has 1 aromatic heterocycles. The fourth-order valence-corrected chi connectivity index (χ4v) is 2.46. The van der Waals surface area contributed by atoms with Crippen LogP contribution < -0.4 is 4.74 Å². The molecule has 0 aliphatic carbocycles. The van der Waals surface area contributed by atoms with Crippen molar-refractivity contribution in [2.24, 2.45) is 0 Å². The Morgan fingerprint density at radius 1 is 1.39 bits per heavy atom. The molecule has 0 saturated heterocycles. The molecule has 0 saturated carbocycles. The number of aromatic nitrogens is 1. The predicted octanol–water partition coefficient (Wildman–Crippen LogP) is 3.39. The first-order chi connectivity index (χ1) is 8.56. The summed E-state index contributed by atoms with van der Waals surface area (Å²) in [6, 6.07) is 7.52. The average molecular weight is 263 g/mol. The Kier molecular flexibility index (Phi) is 3.99.